The molecule has 0 aromatic carbocycles. The molecule has 0 unspecified atom stereocenters. The van der Waals surface area contributed by atoms with Gasteiger partial charge in [-0.3, -0.25) is 9.88 Å². The third kappa shape index (κ3) is 3.43. The molecule has 0 radical (unpaired) electrons. The second kappa shape index (κ2) is 6.40. The Morgan fingerprint density at radius 3 is 2.44 bits per heavy atom. The summed E-state index contributed by atoms with van der Waals surface area (Å²) in [6.45, 7) is 5.24. The highest BCUT2D eigenvalue weighted by atomic mass is 15.3. The molecule has 5 heteroatoms. The number of nitrogen functional groups attached to an aromatic ring is 1. The molecule has 1 rings (SSSR count). The predicted octanol–water partition coefficient (Wildman–Crippen LogP) is 1.38. The first-order valence-electron chi connectivity index (χ1n) is 5.69. The Hall–Kier alpha value is -1.20. The summed E-state index contributed by atoms with van der Waals surface area (Å²) < 4.78 is 0. The summed E-state index contributed by atoms with van der Waals surface area (Å²) in [6.07, 6.45) is 5.72. The third-order valence-corrected chi connectivity index (χ3v) is 2.83. The fraction of sp³-hybridized carbons (Fsp3) is 0.636. The molecule has 0 aliphatic carbocycles. The highest BCUT2D eigenvalue weighted by Gasteiger charge is 2.11. The van der Waals surface area contributed by atoms with E-state index in [1.807, 2.05) is 0 Å². The molecule has 0 spiro atoms. The van der Waals surface area contributed by atoms with Gasteiger partial charge in [-0.2, -0.15) is 0 Å². The zero-order valence-corrected chi connectivity index (χ0v) is 10.3. The van der Waals surface area contributed by atoms with Crippen LogP contribution < -0.4 is 11.3 Å². The molecule has 1 aromatic rings. The quantitative estimate of drug-likeness (QED) is 0.563. The summed E-state index contributed by atoms with van der Waals surface area (Å²) >= 11 is 0. The minimum atomic E-state index is 0.592. The summed E-state index contributed by atoms with van der Waals surface area (Å²) in [5, 5.41) is 0. The van der Waals surface area contributed by atoms with Crippen molar-refractivity contribution in [1.29, 1.82) is 0 Å². The van der Waals surface area contributed by atoms with E-state index in [9.17, 15) is 0 Å². The van der Waals surface area contributed by atoms with Crippen LogP contribution in [0.4, 0.5) is 5.82 Å². The van der Waals surface area contributed by atoms with E-state index >= 15 is 0 Å². The van der Waals surface area contributed by atoms with Crippen LogP contribution in [0, 0.1) is 0 Å². The Morgan fingerprint density at radius 1 is 1.31 bits per heavy atom. The number of nitrogens with one attached hydrogen (secondary N) is 1. The van der Waals surface area contributed by atoms with Crippen LogP contribution in [0.15, 0.2) is 12.4 Å². The lowest BCUT2D eigenvalue weighted by Gasteiger charge is -2.25. The van der Waals surface area contributed by atoms with Crippen LogP contribution in [0.1, 0.15) is 32.4 Å². The third-order valence-electron chi connectivity index (χ3n) is 2.83. The van der Waals surface area contributed by atoms with Gasteiger partial charge in [-0.15, -0.1) is 0 Å². The predicted molar refractivity (Wildman–Crippen MR) is 65.7 cm³/mol. The lowest BCUT2D eigenvalue weighted by molar-refractivity contribution is 0.219. The van der Waals surface area contributed by atoms with Crippen LogP contribution in [-0.2, 0) is 6.54 Å². The maximum absolute atomic E-state index is 5.23. The van der Waals surface area contributed by atoms with Crippen LogP contribution in [0.25, 0.3) is 0 Å². The molecule has 0 fully saturated rings. The summed E-state index contributed by atoms with van der Waals surface area (Å²) in [5.74, 6) is 5.82. The highest BCUT2D eigenvalue weighted by molar-refractivity contribution is 5.28. The second-order valence-corrected chi connectivity index (χ2v) is 3.92. The SMILES string of the molecule is CCC(CC)N(C)Cc1cnc(NN)cn1. The Balaban J connectivity index is 2.58. The fourth-order valence-electron chi connectivity index (χ4n) is 1.81. The standard InChI is InChI=1S/C11H21N5/c1-4-10(5-2)16(3)8-9-6-14-11(15-12)7-13-9/h6-7,10H,4-5,8,12H2,1-3H3,(H,14,15). The molecule has 0 aliphatic rings. The summed E-state index contributed by atoms with van der Waals surface area (Å²) in [5.41, 5.74) is 3.43. The molecule has 0 saturated carbocycles. The van der Waals surface area contributed by atoms with Crippen molar-refractivity contribution in [2.45, 2.75) is 39.3 Å². The number of nitrogens with zero attached hydrogens (tertiary/aromatic N) is 3. The largest absolute Gasteiger partial charge is 0.307 e. The number of aromatic nitrogens is 2. The van der Waals surface area contributed by atoms with Crippen molar-refractivity contribution in [2.24, 2.45) is 5.84 Å². The number of hydrazine groups is 1. The lowest BCUT2D eigenvalue weighted by atomic mass is 10.1. The molecular formula is C11H21N5. The molecule has 1 aromatic heterocycles. The fourth-order valence-corrected chi connectivity index (χ4v) is 1.81. The number of hydrogen-bond donors (Lipinski definition) is 2. The average molecular weight is 223 g/mol. The van der Waals surface area contributed by atoms with Gasteiger partial charge in [0.05, 0.1) is 18.1 Å². The molecule has 1 heterocycles. The van der Waals surface area contributed by atoms with Crippen molar-refractivity contribution in [3.8, 4) is 0 Å². The monoisotopic (exact) mass is 223 g/mol. The van der Waals surface area contributed by atoms with Crippen LogP contribution in [-0.4, -0.2) is 28.0 Å². The zero-order chi connectivity index (χ0) is 12.0. The van der Waals surface area contributed by atoms with E-state index in [1.54, 1.807) is 12.4 Å². The first-order chi connectivity index (χ1) is 7.71. The topological polar surface area (TPSA) is 67.1 Å². The molecule has 0 bridgehead atoms. The number of rotatable bonds is 6. The average Bonchev–Trinajstić information content (AvgIpc) is 2.31. The molecule has 90 valence electrons. The molecular weight excluding hydrogens is 202 g/mol. The van der Waals surface area contributed by atoms with Crippen molar-refractivity contribution in [3.63, 3.8) is 0 Å². The van der Waals surface area contributed by atoms with Crippen molar-refractivity contribution >= 4 is 5.82 Å². The van der Waals surface area contributed by atoms with Crippen LogP contribution in [0.5, 0.6) is 0 Å². The van der Waals surface area contributed by atoms with Gasteiger partial charge in [0.1, 0.15) is 0 Å². The van der Waals surface area contributed by atoms with Gasteiger partial charge in [-0.1, -0.05) is 13.8 Å². The summed E-state index contributed by atoms with van der Waals surface area (Å²) in [7, 11) is 2.12. The Morgan fingerprint density at radius 2 is 2.00 bits per heavy atom. The molecule has 3 N–H and O–H groups in total. The van der Waals surface area contributed by atoms with E-state index in [1.165, 1.54) is 0 Å². The number of anilines is 1. The molecule has 16 heavy (non-hydrogen) atoms. The van der Waals surface area contributed by atoms with E-state index < -0.39 is 0 Å². The maximum atomic E-state index is 5.23. The van der Waals surface area contributed by atoms with Gasteiger partial charge in [0.15, 0.2) is 5.82 Å². The van der Waals surface area contributed by atoms with E-state index in [2.05, 4.69) is 41.2 Å². The van der Waals surface area contributed by atoms with Gasteiger partial charge in [0.25, 0.3) is 0 Å². The minimum absolute atomic E-state index is 0.592. The van der Waals surface area contributed by atoms with Crippen molar-refractivity contribution in [3.05, 3.63) is 18.1 Å². The van der Waals surface area contributed by atoms with Gasteiger partial charge in [-0.05, 0) is 19.9 Å². The Kier molecular flexibility index (Phi) is 5.14. The first-order valence-corrected chi connectivity index (χ1v) is 5.69. The van der Waals surface area contributed by atoms with E-state index in [0.717, 1.165) is 25.1 Å². The minimum Gasteiger partial charge on any atom is -0.307 e. The highest BCUT2D eigenvalue weighted by Crippen LogP contribution is 2.09. The molecule has 0 atom stereocenters. The molecule has 0 amide bonds. The second-order valence-electron chi connectivity index (χ2n) is 3.92. The van der Waals surface area contributed by atoms with Crippen molar-refractivity contribution in [2.75, 3.05) is 12.5 Å². The van der Waals surface area contributed by atoms with Crippen LogP contribution in [0.2, 0.25) is 0 Å². The van der Waals surface area contributed by atoms with Crippen molar-refractivity contribution in [1.82, 2.24) is 14.9 Å². The number of hydrogen-bond acceptors (Lipinski definition) is 5. The van der Waals surface area contributed by atoms with E-state index in [-0.39, 0.29) is 0 Å². The van der Waals surface area contributed by atoms with Crippen LogP contribution in [0.3, 0.4) is 0 Å². The van der Waals surface area contributed by atoms with Gasteiger partial charge < -0.3 is 5.43 Å². The van der Waals surface area contributed by atoms with E-state index in [0.29, 0.717) is 11.9 Å². The van der Waals surface area contributed by atoms with Crippen molar-refractivity contribution < 1.29 is 0 Å². The maximum Gasteiger partial charge on any atom is 0.158 e. The van der Waals surface area contributed by atoms with Crippen LogP contribution >= 0.6 is 0 Å². The summed E-state index contributed by atoms with van der Waals surface area (Å²) in [6, 6.07) is 0.606. The zero-order valence-electron chi connectivity index (χ0n) is 10.3. The Bertz CT molecular complexity index is 294. The molecule has 0 aliphatic heterocycles. The Labute approximate surface area is 97.0 Å². The van der Waals surface area contributed by atoms with Gasteiger partial charge >= 0.3 is 0 Å². The normalized spacial score (nSPS) is 11.1. The number of nitrogens with two attached hydrogens (primary N) is 1. The van der Waals surface area contributed by atoms with E-state index in [4.69, 9.17) is 5.84 Å². The van der Waals surface area contributed by atoms with Gasteiger partial charge in [0, 0.05) is 12.6 Å². The molecule has 5 nitrogen and oxygen atoms in total. The van der Waals surface area contributed by atoms with Gasteiger partial charge in [0.2, 0.25) is 0 Å². The summed E-state index contributed by atoms with van der Waals surface area (Å²) in [4.78, 5) is 10.7. The first kappa shape index (κ1) is 12.9. The lowest BCUT2D eigenvalue weighted by Crippen LogP contribution is -2.30. The molecule has 0 saturated heterocycles. The smallest absolute Gasteiger partial charge is 0.158 e. The van der Waals surface area contributed by atoms with Gasteiger partial charge in [-0.25, -0.2) is 10.8 Å².